The topological polar surface area (TPSA) is 57.0 Å². The summed E-state index contributed by atoms with van der Waals surface area (Å²) in [6.45, 7) is 2.37. The average Bonchev–Trinajstić information content (AvgIpc) is 2.57. The SMILES string of the molecule is CCOC(=O)Cn1cc(I)c2cncnc21. The largest absolute Gasteiger partial charge is 0.465 e. The minimum atomic E-state index is -0.255. The maximum Gasteiger partial charge on any atom is 0.325 e. The van der Waals surface area contributed by atoms with Crippen molar-refractivity contribution in [1.82, 2.24) is 14.5 Å². The fraction of sp³-hybridized carbons (Fsp3) is 0.300. The number of carbonyl (C=O) groups excluding carboxylic acids is 1. The van der Waals surface area contributed by atoms with Crippen LogP contribution in [0.5, 0.6) is 0 Å². The van der Waals surface area contributed by atoms with Gasteiger partial charge in [0.1, 0.15) is 18.5 Å². The van der Waals surface area contributed by atoms with Crippen molar-refractivity contribution in [2.75, 3.05) is 6.61 Å². The Kier molecular flexibility index (Phi) is 3.37. The van der Waals surface area contributed by atoms with Crippen molar-refractivity contribution >= 4 is 39.6 Å². The van der Waals surface area contributed by atoms with Gasteiger partial charge in [0.2, 0.25) is 0 Å². The molecule has 16 heavy (non-hydrogen) atoms. The van der Waals surface area contributed by atoms with Crippen molar-refractivity contribution in [3.8, 4) is 0 Å². The number of ether oxygens (including phenoxy) is 1. The number of carbonyl (C=O) groups is 1. The molecule has 0 unspecified atom stereocenters. The average molecular weight is 331 g/mol. The first kappa shape index (κ1) is 11.3. The first-order valence-electron chi connectivity index (χ1n) is 4.82. The molecule has 0 aliphatic heterocycles. The Morgan fingerprint density at radius 1 is 1.62 bits per heavy atom. The molecule has 0 aliphatic rings. The van der Waals surface area contributed by atoms with Crippen LogP contribution in [0.2, 0.25) is 0 Å². The third-order valence-corrected chi connectivity index (χ3v) is 2.95. The lowest BCUT2D eigenvalue weighted by Gasteiger charge is -2.03. The van der Waals surface area contributed by atoms with E-state index in [0.29, 0.717) is 6.61 Å². The van der Waals surface area contributed by atoms with Gasteiger partial charge in [0.05, 0.1) is 12.0 Å². The van der Waals surface area contributed by atoms with Gasteiger partial charge < -0.3 is 9.30 Å². The number of rotatable bonds is 3. The number of halogens is 1. The summed E-state index contributed by atoms with van der Waals surface area (Å²) in [6, 6.07) is 0. The van der Waals surface area contributed by atoms with Gasteiger partial charge in [0, 0.05) is 16.0 Å². The monoisotopic (exact) mass is 331 g/mol. The number of nitrogens with zero attached hydrogens (tertiary/aromatic N) is 3. The Bertz CT molecular complexity index is 524. The minimum absolute atomic E-state index is 0.185. The van der Waals surface area contributed by atoms with E-state index >= 15 is 0 Å². The highest BCUT2D eigenvalue weighted by molar-refractivity contribution is 14.1. The lowest BCUT2D eigenvalue weighted by Crippen LogP contribution is -2.12. The molecule has 2 aromatic heterocycles. The fourth-order valence-electron chi connectivity index (χ4n) is 1.45. The van der Waals surface area contributed by atoms with Crippen molar-refractivity contribution in [1.29, 1.82) is 0 Å². The van der Waals surface area contributed by atoms with Gasteiger partial charge in [-0.25, -0.2) is 9.97 Å². The second-order valence-electron chi connectivity index (χ2n) is 3.17. The first-order chi connectivity index (χ1) is 7.72. The molecule has 5 nitrogen and oxygen atoms in total. The molecular weight excluding hydrogens is 321 g/mol. The van der Waals surface area contributed by atoms with Crippen LogP contribution in [0.25, 0.3) is 11.0 Å². The van der Waals surface area contributed by atoms with E-state index in [-0.39, 0.29) is 12.5 Å². The molecule has 0 aliphatic carbocycles. The van der Waals surface area contributed by atoms with Crippen LogP contribution in [-0.4, -0.2) is 27.1 Å². The van der Waals surface area contributed by atoms with Crippen LogP contribution >= 0.6 is 22.6 Å². The number of hydrogen-bond acceptors (Lipinski definition) is 4. The van der Waals surface area contributed by atoms with E-state index in [0.717, 1.165) is 14.6 Å². The summed E-state index contributed by atoms with van der Waals surface area (Å²) in [5.74, 6) is -0.255. The van der Waals surface area contributed by atoms with Crippen molar-refractivity contribution in [2.24, 2.45) is 0 Å². The van der Waals surface area contributed by atoms with Crippen LogP contribution in [0.3, 0.4) is 0 Å². The third-order valence-electron chi connectivity index (χ3n) is 2.09. The molecular formula is C10H10IN3O2. The molecule has 0 atom stereocenters. The molecule has 0 N–H and O–H groups in total. The lowest BCUT2D eigenvalue weighted by atomic mass is 10.4. The van der Waals surface area contributed by atoms with E-state index in [2.05, 4.69) is 32.6 Å². The molecule has 2 rings (SSSR count). The molecule has 0 bridgehead atoms. The van der Waals surface area contributed by atoms with E-state index in [1.165, 1.54) is 6.33 Å². The number of hydrogen-bond donors (Lipinski definition) is 0. The summed E-state index contributed by atoms with van der Waals surface area (Å²) in [5, 5.41) is 0.951. The van der Waals surface area contributed by atoms with Gasteiger partial charge >= 0.3 is 5.97 Å². The van der Waals surface area contributed by atoms with Gasteiger partial charge in [-0.15, -0.1) is 0 Å². The van der Waals surface area contributed by atoms with Gasteiger partial charge in [0.15, 0.2) is 0 Å². The van der Waals surface area contributed by atoms with Crippen LogP contribution in [-0.2, 0) is 16.1 Å². The normalized spacial score (nSPS) is 10.6. The van der Waals surface area contributed by atoms with Gasteiger partial charge in [0.25, 0.3) is 0 Å². The summed E-state index contributed by atoms with van der Waals surface area (Å²) in [4.78, 5) is 19.5. The Balaban J connectivity index is 2.34. The van der Waals surface area contributed by atoms with Crippen LogP contribution in [0, 0.1) is 3.57 Å². The molecule has 84 valence electrons. The molecule has 0 saturated carbocycles. The maximum absolute atomic E-state index is 11.4. The summed E-state index contributed by atoms with van der Waals surface area (Å²) in [7, 11) is 0. The highest BCUT2D eigenvalue weighted by Crippen LogP contribution is 2.19. The molecule has 0 radical (unpaired) electrons. The zero-order valence-electron chi connectivity index (χ0n) is 8.68. The van der Waals surface area contributed by atoms with Gasteiger partial charge in [-0.1, -0.05) is 0 Å². The molecule has 2 aromatic rings. The summed E-state index contributed by atoms with van der Waals surface area (Å²) < 4.78 is 7.70. The Labute approximate surface area is 106 Å². The maximum atomic E-state index is 11.4. The zero-order valence-corrected chi connectivity index (χ0v) is 10.8. The summed E-state index contributed by atoms with van der Waals surface area (Å²) >= 11 is 2.19. The molecule has 0 aromatic carbocycles. The van der Waals surface area contributed by atoms with Gasteiger partial charge in [-0.05, 0) is 29.5 Å². The van der Waals surface area contributed by atoms with Crippen LogP contribution in [0.15, 0.2) is 18.7 Å². The van der Waals surface area contributed by atoms with E-state index in [9.17, 15) is 4.79 Å². The quantitative estimate of drug-likeness (QED) is 0.633. The minimum Gasteiger partial charge on any atom is -0.465 e. The smallest absolute Gasteiger partial charge is 0.325 e. The van der Waals surface area contributed by atoms with E-state index in [1.54, 1.807) is 17.7 Å². The van der Waals surface area contributed by atoms with Crippen molar-refractivity contribution in [2.45, 2.75) is 13.5 Å². The highest BCUT2D eigenvalue weighted by atomic mass is 127. The number of aromatic nitrogens is 3. The van der Waals surface area contributed by atoms with Gasteiger partial charge in [-0.2, -0.15) is 0 Å². The van der Waals surface area contributed by atoms with E-state index in [4.69, 9.17) is 4.74 Å². The molecule has 0 saturated heterocycles. The van der Waals surface area contributed by atoms with Crippen molar-refractivity contribution in [3.05, 3.63) is 22.3 Å². The van der Waals surface area contributed by atoms with Gasteiger partial charge in [-0.3, -0.25) is 4.79 Å². The summed E-state index contributed by atoms with van der Waals surface area (Å²) in [6.07, 6.45) is 5.09. The van der Waals surface area contributed by atoms with E-state index < -0.39 is 0 Å². The number of esters is 1. The van der Waals surface area contributed by atoms with Crippen LogP contribution < -0.4 is 0 Å². The second kappa shape index (κ2) is 4.77. The molecule has 0 amide bonds. The summed E-state index contributed by atoms with van der Waals surface area (Å²) in [5.41, 5.74) is 0.757. The number of fused-ring (bicyclic) bond motifs is 1. The predicted octanol–water partition coefficient (Wildman–Crippen LogP) is 1.60. The van der Waals surface area contributed by atoms with E-state index in [1.807, 2.05) is 6.20 Å². The molecule has 2 heterocycles. The Hall–Kier alpha value is -1.18. The second-order valence-corrected chi connectivity index (χ2v) is 4.33. The van der Waals surface area contributed by atoms with Crippen LogP contribution in [0.4, 0.5) is 0 Å². The third kappa shape index (κ3) is 2.16. The fourth-order valence-corrected chi connectivity index (χ4v) is 2.17. The zero-order chi connectivity index (χ0) is 11.5. The molecule has 0 spiro atoms. The van der Waals surface area contributed by atoms with Crippen LogP contribution in [0.1, 0.15) is 6.92 Å². The molecule has 6 heteroatoms. The Morgan fingerprint density at radius 2 is 2.44 bits per heavy atom. The highest BCUT2D eigenvalue weighted by Gasteiger charge is 2.10. The predicted molar refractivity (Wildman–Crippen MR) is 66.9 cm³/mol. The molecule has 0 fully saturated rings. The van der Waals surface area contributed by atoms with Crippen molar-refractivity contribution in [3.63, 3.8) is 0 Å². The Morgan fingerprint density at radius 3 is 3.19 bits per heavy atom. The lowest BCUT2D eigenvalue weighted by molar-refractivity contribution is -0.143. The van der Waals surface area contributed by atoms with Crippen molar-refractivity contribution < 1.29 is 9.53 Å². The first-order valence-corrected chi connectivity index (χ1v) is 5.90. The standard InChI is InChI=1S/C10H10IN3O2/c1-2-16-9(15)5-14-4-8(11)7-3-12-6-13-10(7)14/h3-4,6H,2,5H2,1H3.